The van der Waals surface area contributed by atoms with Gasteiger partial charge in [0.2, 0.25) is 0 Å². The molecule has 4 heterocycles. The third kappa shape index (κ3) is 4.91. The lowest BCUT2D eigenvalue weighted by Crippen LogP contribution is -2.41. The molecule has 0 amide bonds. The van der Waals surface area contributed by atoms with E-state index in [2.05, 4.69) is 4.98 Å². The molecule has 32 heavy (non-hydrogen) atoms. The summed E-state index contributed by atoms with van der Waals surface area (Å²) < 4.78 is 37.0. The lowest BCUT2D eigenvalue weighted by molar-refractivity contribution is 0.171. The van der Waals surface area contributed by atoms with Crippen LogP contribution in [0.2, 0.25) is 6.32 Å². The summed E-state index contributed by atoms with van der Waals surface area (Å²) in [5.74, 6) is 1.14. The monoisotopic (exact) mass is 457 g/mol. The van der Waals surface area contributed by atoms with Gasteiger partial charge in [0.15, 0.2) is 9.84 Å². The molecule has 0 aromatic carbocycles. The van der Waals surface area contributed by atoms with Gasteiger partial charge in [-0.25, -0.2) is 8.42 Å². The zero-order chi connectivity index (χ0) is 22.7. The molecule has 7 nitrogen and oxygen atoms in total. The van der Waals surface area contributed by atoms with Crippen molar-refractivity contribution in [2.45, 2.75) is 56.9 Å². The molecule has 0 radical (unpaired) electrons. The average Bonchev–Trinajstić information content (AvgIpc) is 3.33. The number of pyridine rings is 1. The molecule has 4 rings (SSSR count). The van der Waals surface area contributed by atoms with Crippen LogP contribution >= 0.6 is 0 Å². The number of fused-ring (bicyclic) bond motifs is 1. The Hall–Kier alpha value is -2.20. The predicted octanol–water partition coefficient (Wildman–Crippen LogP) is 3.26. The summed E-state index contributed by atoms with van der Waals surface area (Å²) in [7, 11) is -4.40. The minimum Gasteiger partial charge on any atom is -0.459 e. The topological polar surface area (TPSA) is 110 Å². The summed E-state index contributed by atoms with van der Waals surface area (Å²) in [6, 6.07) is 9.16. The normalized spacial score (nSPS) is 23.0. The number of aliphatic hydroxyl groups excluding tert-OH is 1. The first-order valence-electron chi connectivity index (χ1n) is 11.0. The summed E-state index contributed by atoms with van der Waals surface area (Å²) in [4.78, 5) is 4.46. The number of sulfone groups is 1. The number of nitrogens with zero attached hydrogens (tertiary/aromatic N) is 1. The second kappa shape index (κ2) is 9.74. The average molecular weight is 457 g/mol. The van der Waals surface area contributed by atoms with Crippen LogP contribution in [0.1, 0.15) is 49.8 Å². The van der Waals surface area contributed by atoms with Gasteiger partial charge >= 0.3 is 7.12 Å². The Balaban J connectivity index is 1.62. The van der Waals surface area contributed by atoms with Crippen LogP contribution in [0.25, 0.3) is 11.6 Å². The van der Waals surface area contributed by atoms with E-state index in [4.69, 9.17) is 9.07 Å². The number of hydrogen-bond donors (Lipinski definition) is 2. The fourth-order valence-electron chi connectivity index (χ4n) is 4.64. The predicted molar refractivity (Wildman–Crippen MR) is 123 cm³/mol. The second-order valence-electron chi connectivity index (χ2n) is 8.31. The van der Waals surface area contributed by atoms with Gasteiger partial charge in [0.05, 0.1) is 22.8 Å². The fourth-order valence-corrected chi connectivity index (χ4v) is 6.80. The minimum atomic E-state index is -3.30. The Kier molecular flexibility index (Phi) is 7.00. The van der Waals surface area contributed by atoms with Gasteiger partial charge in [0.25, 0.3) is 0 Å². The minimum absolute atomic E-state index is 0.0622. The number of rotatable bonds is 8. The maximum absolute atomic E-state index is 12.7. The van der Waals surface area contributed by atoms with E-state index in [0.29, 0.717) is 24.4 Å². The van der Waals surface area contributed by atoms with Gasteiger partial charge < -0.3 is 19.2 Å². The number of allylic oxidation sites excluding steroid dienone is 1. The molecule has 0 unspecified atom stereocenters. The van der Waals surface area contributed by atoms with Crippen molar-refractivity contribution in [3.8, 4) is 0 Å². The van der Waals surface area contributed by atoms with E-state index < -0.39 is 28.3 Å². The summed E-state index contributed by atoms with van der Waals surface area (Å²) in [5, 5.41) is 18.9. The van der Waals surface area contributed by atoms with Gasteiger partial charge in [-0.3, -0.25) is 4.98 Å². The van der Waals surface area contributed by atoms with Crippen LogP contribution in [0, 0.1) is 0 Å². The maximum Gasteiger partial charge on any atom is 0.456 e. The van der Waals surface area contributed by atoms with E-state index in [-0.39, 0.29) is 18.7 Å². The first kappa shape index (κ1) is 23.0. The fraction of sp³-hybridized carbons (Fsp3) is 0.435. The van der Waals surface area contributed by atoms with Crippen LogP contribution in [0.5, 0.6) is 0 Å². The van der Waals surface area contributed by atoms with E-state index in [9.17, 15) is 18.5 Å². The van der Waals surface area contributed by atoms with Crippen LogP contribution in [0.3, 0.4) is 0 Å². The van der Waals surface area contributed by atoms with Crippen molar-refractivity contribution in [3.63, 3.8) is 0 Å². The summed E-state index contributed by atoms with van der Waals surface area (Å²) in [5.41, 5.74) is 3.47. The van der Waals surface area contributed by atoms with Crippen LogP contribution < -0.4 is 0 Å². The first-order chi connectivity index (χ1) is 15.4. The molecule has 2 aliphatic rings. The Morgan fingerprint density at radius 1 is 1.31 bits per heavy atom. The van der Waals surface area contributed by atoms with Crippen LogP contribution in [0.15, 0.2) is 52.1 Å². The molecule has 2 atom stereocenters. The van der Waals surface area contributed by atoms with Gasteiger partial charge in [-0.15, -0.1) is 0 Å². The molecule has 2 N–H and O–H groups in total. The van der Waals surface area contributed by atoms with Crippen LogP contribution in [0.4, 0.5) is 0 Å². The van der Waals surface area contributed by atoms with Gasteiger partial charge in [-0.2, -0.15) is 0 Å². The molecule has 0 aliphatic carbocycles. The highest BCUT2D eigenvalue weighted by Crippen LogP contribution is 2.41. The van der Waals surface area contributed by atoms with Crippen LogP contribution in [-0.4, -0.2) is 47.8 Å². The van der Waals surface area contributed by atoms with E-state index in [1.807, 2.05) is 31.2 Å². The highest BCUT2D eigenvalue weighted by atomic mass is 32.2. The highest BCUT2D eigenvalue weighted by molar-refractivity contribution is 7.92. The SMILES string of the molecule is CCCC1=C2[C@@H](CC/C(=C/c3ccc(CO)o3)c3ccccn3)OB(O)C[C@@H]2S(=O)(=O)C1. The van der Waals surface area contributed by atoms with Crippen molar-refractivity contribution in [1.29, 1.82) is 0 Å². The Labute approximate surface area is 188 Å². The van der Waals surface area contributed by atoms with E-state index in [1.165, 1.54) is 0 Å². The number of aliphatic hydroxyl groups is 1. The van der Waals surface area contributed by atoms with Gasteiger partial charge in [-0.05, 0) is 60.8 Å². The molecule has 1 saturated heterocycles. The molecular weight excluding hydrogens is 429 g/mol. The van der Waals surface area contributed by atoms with Crippen LogP contribution in [-0.2, 0) is 21.1 Å². The van der Waals surface area contributed by atoms with E-state index in [1.54, 1.807) is 18.3 Å². The lowest BCUT2D eigenvalue weighted by Gasteiger charge is -2.32. The molecule has 2 aromatic rings. The number of furan rings is 1. The van der Waals surface area contributed by atoms with E-state index >= 15 is 0 Å². The third-order valence-corrected chi connectivity index (χ3v) is 8.09. The van der Waals surface area contributed by atoms with Crippen molar-refractivity contribution < 1.29 is 27.6 Å². The Morgan fingerprint density at radius 2 is 2.16 bits per heavy atom. The zero-order valence-electron chi connectivity index (χ0n) is 18.1. The number of hydrogen-bond acceptors (Lipinski definition) is 7. The molecule has 0 bridgehead atoms. The number of aromatic nitrogens is 1. The van der Waals surface area contributed by atoms with Crippen molar-refractivity contribution >= 4 is 28.6 Å². The molecule has 2 aliphatic heterocycles. The molecule has 0 spiro atoms. The second-order valence-corrected chi connectivity index (χ2v) is 10.5. The van der Waals surface area contributed by atoms with Gasteiger partial charge in [-0.1, -0.05) is 25.0 Å². The Morgan fingerprint density at radius 3 is 2.84 bits per heavy atom. The standard InChI is InChI=1S/C23H28BNO6S/c1-2-5-17-15-32(28,29)22-13-24(27)31-21(23(17)22)10-7-16(20-6-3-4-11-25-20)12-18-8-9-19(14-26)30-18/h3-4,6,8-9,11-12,21-22,26-27H,2,5,7,10,13-15H2,1H3/b16-12-/t21-,22+/m1/s1. The molecular formula is C23H28BNO6S. The lowest BCUT2D eigenvalue weighted by atomic mass is 9.74. The molecule has 9 heteroatoms. The first-order valence-corrected chi connectivity index (χ1v) is 12.7. The molecule has 170 valence electrons. The molecule has 1 fully saturated rings. The molecule has 0 saturated carbocycles. The summed E-state index contributed by atoms with van der Waals surface area (Å²) >= 11 is 0. The summed E-state index contributed by atoms with van der Waals surface area (Å²) in [6.45, 7) is 1.86. The quantitative estimate of drug-likeness (QED) is 0.463. The third-order valence-electron chi connectivity index (χ3n) is 6.02. The smallest absolute Gasteiger partial charge is 0.456 e. The van der Waals surface area contributed by atoms with Crippen molar-refractivity contribution in [2.24, 2.45) is 0 Å². The Bertz CT molecular complexity index is 1110. The highest BCUT2D eigenvalue weighted by Gasteiger charge is 2.48. The van der Waals surface area contributed by atoms with Gasteiger partial charge in [0, 0.05) is 12.5 Å². The largest absolute Gasteiger partial charge is 0.459 e. The van der Waals surface area contributed by atoms with Crippen molar-refractivity contribution in [2.75, 3.05) is 5.75 Å². The zero-order valence-corrected chi connectivity index (χ0v) is 18.9. The van der Waals surface area contributed by atoms with Gasteiger partial charge in [0.1, 0.15) is 18.1 Å². The maximum atomic E-state index is 12.7. The van der Waals surface area contributed by atoms with Crippen molar-refractivity contribution in [3.05, 3.63) is 64.9 Å². The molecule has 2 aromatic heterocycles. The van der Waals surface area contributed by atoms with Crippen molar-refractivity contribution in [1.82, 2.24) is 4.98 Å². The summed E-state index contributed by atoms with van der Waals surface area (Å²) in [6.07, 6.45) is 5.89. The van der Waals surface area contributed by atoms with E-state index in [0.717, 1.165) is 35.3 Å².